The molecule has 0 aliphatic heterocycles. The topological polar surface area (TPSA) is 53.7 Å². The Balaban J connectivity index is 2.58. The van der Waals surface area contributed by atoms with E-state index in [1.54, 1.807) is 12.1 Å². The number of hydrogen-bond donors (Lipinski definition) is 1. The minimum Gasteiger partial charge on any atom is -0.493 e. The zero-order chi connectivity index (χ0) is 15.9. The smallest absolute Gasteiger partial charge is 0.411 e. The average Bonchev–Trinajstić information content (AvgIpc) is 2.39. The van der Waals surface area contributed by atoms with Crippen LogP contribution in [-0.2, 0) is 11.2 Å². The molecular weight excluding hydrogens is 311 g/mol. The van der Waals surface area contributed by atoms with Gasteiger partial charge in [-0.3, -0.25) is 0 Å². The molecule has 8 heteroatoms. The van der Waals surface area contributed by atoms with Crippen molar-refractivity contribution in [1.82, 2.24) is 0 Å². The van der Waals surface area contributed by atoms with Crippen molar-refractivity contribution in [2.24, 2.45) is 5.73 Å². The van der Waals surface area contributed by atoms with E-state index in [-0.39, 0.29) is 19.0 Å². The maximum absolute atomic E-state index is 11.9. The molecule has 0 aliphatic rings. The van der Waals surface area contributed by atoms with Crippen LogP contribution in [0, 0.1) is 0 Å². The Bertz CT molecular complexity index is 455. The van der Waals surface area contributed by atoms with Crippen molar-refractivity contribution >= 4 is 11.6 Å². The van der Waals surface area contributed by atoms with E-state index in [0.29, 0.717) is 23.7 Å². The second-order valence-electron chi connectivity index (χ2n) is 4.16. The Kier molecular flexibility index (Phi) is 7.07. The summed E-state index contributed by atoms with van der Waals surface area (Å²) in [5, 5.41) is 0.314. The predicted molar refractivity (Wildman–Crippen MR) is 73.1 cm³/mol. The third-order valence-corrected chi connectivity index (χ3v) is 2.74. The monoisotopic (exact) mass is 327 g/mol. The van der Waals surface area contributed by atoms with Gasteiger partial charge in [-0.1, -0.05) is 11.6 Å². The zero-order valence-corrected chi connectivity index (χ0v) is 12.3. The molecule has 120 valence electrons. The molecule has 21 heavy (non-hydrogen) atoms. The highest BCUT2D eigenvalue weighted by atomic mass is 35.5. The zero-order valence-electron chi connectivity index (χ0n) is 11.5. The summed E-state index contributed by atoms with van der Waals surface area (Å²) in [6.45, 7) is -1.12. The van der Waals surface area contributed by atoms with Gasteiger partial charge in [0.2, 0.25) is 0 Å². The summed E-state index contributed by atoms with van der Waals surface area (Å²) in [7, 11) is 1.45. The number of methoxy groups -OCH3 is 1. The van der Waals surface area contributed by atoms with Crippen molar-refractivity contribution in [3.05, 3.63) is 22.7 Å². The lowest BCUT2D eigenvalue weighted by atomic mass is 10.1. The van der Waals surface area contributed by atoms with Gasteiger partial charge in [0.05, 0.1) is 18.7 Å². The molecule has 0 unspecified atom stereocenters. The lowest BCUT2D eigenvalue weighted by molar-refractivity contribution is -0.175. The van der Waals surface area contributed by atoms with Crippen LogP contribution < -0.4 is 15.2 Å². The third kappa shape index (κ3) is 6.41. The van der Waals surface area contributed by atoms with E-state index in [1.807, 2.05) is 0 Å². The summed E-state index contributed by atoms with van der Waals surface area (Å²) >= 11 is 6.07. The Hall–Kier alpha value is -1.18. The summed E-state index contributed by atoms with van der Waals surface area (Å²) in [4.78, 5) is 0. The summed E-state index contributed by atoms with van der Waals surface area (Å²) < 4.78 is 50.6. The van der Waals surface area contributed by atoms with Crippen LogP contribution in [0.4, 0.5) is 13.2 Å². The molecule has 0 aromatic heterocycles. The number of rotatable bonds is 8. The molecule has 0 aliphatic carbocycles. The van der Waals surface area contributed by atoms with Crippen molar-refractivity contribution in [3.8, 4) is 11.5 Å². The molecule has 0 bridgehead atoms. The van der Waals surface area contributed by atoms with Crippen molar-refractivity contribution < 1.29 is 27.4 Å². The molecule has 0 spiro atoms. The Morgan fingerprint density at radius 1 is 1.24 bits per heavy atom. The van der Waals surface area contributed by atoms with E-state index in [4.69, 9.17) is 26.8 Å². The lowest BCUT2D eigenvalue weighted by Crippen LogP contribution is -2.19. The van der Waals surface area contributed by atoms with E-state index in [2.05, 4.69) is 4.74 Å². The van der Waals surface area contributed by atoms with Crippen LogP contribution in [0.25, 0.3) is 0 Å². The first-order chi connectivity index (χ1) is 9.87. The van der Waals surface area contributed by atoms with Crippen LogP contribution in [0.1, 0.15) is 5.56 Å². The fraction of sp³-hybridized carbons (Fsp3) is 0.538. The van der Waals surface area contributed by atoms with Crippen LogP contribution in [0.5, 0.6) is 11.5 Å². The Morgan fingerprint density at radius 2 is 1.95 bits per heavy atom. The first-order valence-corrected chi connectivity index (χ1v) is 6.59. The van der Waals surface area contributed by atoms with Crippen LogP contribution in [-0.4, -0.2) is 39.7 Å². The highest BCUT2D eigenvalue weighted by Gasteiger charge is 2.27. The van der Waals surface area contributed by atoms with Gasteiger partial charge < -0.3 is 19.9 Å². The fourth-order valence-corrected chi connectivity index (χ4v) is 1.90. The van der Waals surface area contributed by atoms with Crippen LogP contribution in [0.15, 0.2) is 12.1 Å². The van der Waals surface area contributed by atoms with E-state index in [0.717, 1.165) is 5.56 Å². The number of benzene rings is 1. The molecule has 0 fully saturated rings. The predicted octanol–water partition coefficient (Wildman–Crippen LogP) is 2.81. The van der Waals surface area contributed by atoms with Crippen molar-refractivity contribution in [3.63, 3.8) is 0 Å². The molecule has 0 heterocycles. The van der Waals surface area contributed by atoms with Gasteiger partial charge in [0.15, 0.2) is 11.5 Å². The number of hydrogen-bond acceptors (Lipinski definition) is 4. The van der Waals surface area contributed by atoms with Crippen molar-refractivity contribution in [2.45, 2.75) is 12.6 Å². The van der Waals surface area contributed by atoms with Gasteiger partial charge in [0, 0.05) is 0 Å². The normalized spacial score (nSPS) is 11.5. The van der Waals surface area contributed by atoms with E-state index in [9.17, 15) is 13.2 Å². The van der Waals surface area contributed by atoms with E-state index in [1.165, 1.54) is 7.11 Å². The first kappa shape index (κ1) is 17.9. The second kappa shape index (κ2) is 8.31. The molecule has 1 aromatic carbocycles. The Labute approximate surface area is 125 Å². The first-order valence-electron chi connectivity index (χ1n) is 6.21. The van der Waals surface area contributed by atoms with E-state index < -0.39 is 12.8 Å². The third-order valence-electron chi connectivity index (χ3n) is 2.46. The van der Waals surface area contributed by atoms with Gasteiger partial charge in [0.25, 0.3) is 0 Å². The van der Waals surface area contributed by atoms with Gasteiger partial charge in [-0.15, -0.1) is 0 Å². The van der Waals surface area contributed by atoms with Gasteiger partial charge in [-0.25, -0.2) is 0 Å². The molecule has 0 atom stereocenters. The largest absolute Gasteiger partial charge is 0.493 e. The summed E-state index contributed by atoms with van der Waals surface area (Å²) in [6, 6.07) is 3.41. The maximum Gasteiger partial charge on any atom is 0.411 e. The molecule has 0 radical (unpaired) electrons. The fourth-order valence-electron chi connectivity index (χ4n) is 1.61. The lowest BCUT2D eigenvalue weighted by Gasteiger charge is -2.14. The van der Waals surface area contributed by atoms with Gasteiger partial charge in [-0.05, 0) is 30.7 Å². The van der Waals surface area contributed by atoms with Crippen molar-refractivity contribution in [2.75, 3.05) is 33.5 Å². The number of ether oxygens (including phenoxy) is 3. The molecule has 0 amide bonds. The second-order valence-corrected chi connectivity index (χ2v) is 4.57. The van der Waals surface area contributed by atoms with Crippen LogP contribution in [0.2, 0.25) is 5.02 Å². The minimum atomic E-state index is -4.35. The van der Waals surface area contributed by atoms with Gasteiger partial charge >= 0.3 is 6.18 Å². The average molecular weight is 328 g/mol. The summed E-state index contributed by atoms with van der Waals surface area (Å²) in [6.07, 6.45) is -3.72. The molecule has 4 nitrogen and oxygen atoms in total. The molecule has 1 aromatic rings. The SMILES string of the molecule is COc1cc(CCN)cc(Cl)c1OCCOCC(F)(F)F. The molecule has 0 saturated heterocycles. The molecule has 1 rings (SSSR count). The van der Waals surface area contributed by atoms with Crippen LogP contribution >= 0.6 is 11.6 Å². The highest BCUT2D eigenvalue weighted by Crippen LogP contribution is 2.36. The summed E-state index contributed by atoms with van der Waals surface area (Å²) in [5.74, 6) is 0.678. The number of alkyl halides is 3. The summed E-state index contributed by atoms with van der Waals surface area (Å²) in [5.41, 5.74) is 6.35. The maximum atomic E-state index is 11.9. The number of nitrogens with two attached hydrogens (primary N) is 1. The standard InChI is InChI=1S/C13H17ClF3NO3/c1-19-11-7-9(2-3-18)6-10(14)12(11)21-5-4-20-8-13(15,16)17/h6-7H,2-5,8,18H2,1H3. The highest BCUT2D eigenvalue weighted by molar-refractivity contribution is 6.32. The van der Waals surface area contributed by atoms with Crippen molar-refractivity contribution in [1.29, 1.82) is 0 Å². The Morgan fingerprint density at radius 3 is 2.52 bits per heavy atom. The minimum absolute atomic E-state index is 0.0671. The van der Waals surface area contributed by atoms with Crippen LogP contribution in [0.3, 0.4) is 0 Å². The quantitative estimate of drug-likeness (QED) is 0.746. The molecular formula is C13H17ClF3NO3. The van der Waals surface area contributed by atoms with Gasteiger partial charge in [0.1, 0.15) is 13.2 Å². The van der Waals surface area contributed by atoms with Gasteiger partial charge in [-0.2, -0.15) is 13.2 Å². The molecule has 2 N–H and O–H groups in total. The number of halogens is 4. The van der Waals surface area contributed by atoms with E-state index >= 15 is 0 Å². The molecule has 0 saturated carbocycles.